The van der Waals surface area contributed by atoms with Gasteiger partial charge < -0.3 is 10.1 Å². The first-order valence-corrected chi connectivity index (χ1v) is 9.05. The third-order valence-electron chi connectivity index (χ3n) is 4.72. The lowest BCUT2D eigenvalue weighted by atomic mass is 10.1. The van der Waals surface area contributed by atoms with Gasteiger partial charge in [0.25, 0.3) is 17.0 Å². The van der Waals surface area contributed by atoms with Gasteiger partial charge in [-0.25, -0.2) is 9.59 Å². The second kappa shape index (κ2) is 7.82. The molecule has 0 spiro atoms. The number of carbonyl (C=O) groups is 2. The Morgan fingerprint density at radius 2 is 1.60 bits per heavy atom. The quantitative estimate of drug-likeness (QED) is 0.618. The molecule has 2 aromatic heterocycles. The van der Waals surface area contributed by atoms with Crippen molar-refractivity contribution in [2.75, 3.05) is 11.9 Å². The number of carbonyl (C=O) groups excluding carboxylic acids is 2. The molecule has 3 aromatic rings. The minimum absolute atomic E-state index is 0.0402. The molecule has 0 atom stereocenters. The van der Waals surface area contributed by atoms with Crippen LogP contribution in [0.3, 0.4) is 0 Å². The van der Waals surface area contributed by atoms with Gasteiger partial charge >= 0.3 is 11.7 Å². The Hall–Kier alpha value is -3.95. The molecular formula is C20H20N4O6. The number of hydrogen-bond acceptors (Lipinski definition) is 6. The number of pyridine rings is 1. The molecule has 3 rings (SSSR count). The lowest BCUT2D eigenvalue weighted by Gasteiger charge is -2.14. The number of anilines is 1. The molecule has 10 nitrogen and oxygen atoms in total. The predicted molar refractivity (Wildman–Crippen MR) is 110 cm³/mol. The third-order valence-corrected chi connectivity index (χ3v) is 4.72. The largest absolute Gasteiger partial charge is 0.462 e. The number of benzene rings is 1. The van der Waals surface area contributed by atoms with E-state index >= 15 is 0 Å². The maximum atomic E-state index is 12.9. The van der Waals surface area contributed by atoms with E-state index in [0.29, 0.717) is 11.3 Å². The smallest absolute Gasteiger partial charge is 0.338 e. The molecule has 0 aliphatic rings. The molecule has 0 unspecified atom stereocenters. The van der Waals surface area contributed by atoms with Crippen molar-refractivity contribution in [2.45, 2.75) is 6.92 Å². The molecule has 0 saturated heterocycles. The monoisotopic (exact) mass is 412 g/mol. The number of rotatable bonds is 4. The van der Waals surface area contributed by atoms with Crippen molar-refractivity contribution < 1.29 is 14.3 Å². The Morgan fingerprint density at radius 1 is 0.967 bits per heavy atom. The zero-order valence-electron chi connectivity index (χ0n) is 16.9. The third kappa shape index (κ3) is 3.43. The van der Waals surface area contributed by atoms with Crippen molar-refractivity contribution in [1.29, 1.82) is 0 Å². The van der Waals surface area contributed by atoms with Gasteiger partial charge in [0.1, 0.15) is 5.65 Å². The van der Waals surface area contributed by atoms with E-state index in [9.17, 15) is 24.0 Å². The molecule has 156 valence electrons. The average Bonchev–Trinajstić information content (AvgIpc) is 2.72. The van der Waals surface area contributed by atoms with Gasteiger partial charge in [-0.15, -0.1) is 0 Å². The van der Waals surface area contributed by atoms with E-state index in [1.165, 1.54) is 45.4 Å². The van der Waals surface area contributed by atoms with Crippen molar-refractivity contribution in [3.8, 4) is 0 Å². The van der Waals surface area contributed by atoms with Crippen LogP contribution in [0, 0.1) is 0 Å². The van der Waals surface area contributed by atoms with Gasteiger partial charge in [0, 0.05) is 32.9 Å². The summed E-state index contributed by atoms with van der Waals surface area (Å²) in [5, 5.41) is 2.55. The molecule has 0 aliphatic carbocycles. The Morgan fingerprint density at radius 3 is 2.20 bits per heavy atom. The Labute approximate surface area is 169 Å². The van der Waals surface area contributed by atoms with Crippen molar-refractivity contribution in [3.63, 3.8) is 0 Å². The van der Waals surface area contributed by atoms with Crippen LogP contribution in [0.4, 0.5) is 5.69 Å². The van der Waals surface area contributed by atoms with Gasteiger partial charge in [-0.05, 0) is 31.2 Å². The van der Waals surface area contributed by atoms with Crippen molar-refractivity contribution >= 4 is 28.6 Å². The van der Waals surface area contributed by atoms with Gasteiger partial charge in [-0.1, -0.05) is 0 Å². The first-order valence-electron chi connectivity index (χ1n) is 9.05. The maximum Gasteiger partial charge on any atom is 0.338 e. The van der Waals surface area contributed by atoms with Crippen LogP contribution in [0.1, 0.15) is 27.6 Å². The Kier molecular flexibility index (Phi) is 5.41. The normalized spacial score (nSPS) is 10.8. The fraction of sp³-hybridized carbons (Fsp3) is 0.250. The number of nitrogens with one attached hydrogen (secondary N) is 1. The summed E-state index contributed by atoms with van der Waals surface area (Å²) in [5.74, 6) is -1.19. The van der Waals surface area contributed by atoms with Crippen LogP contribution in [-0.2, 0) is 25.9 Å². The number of esters is 1. The number of ether oxygens (including phenoxy) is 1. The van der Waals surface area contributed by atoms with Gasteiger partial charge in [0.05, 0.1) is 23.1 Å². The molecule has 0 bridgehead atoms. The molecule has 10 heteroatoms. The molecule has 1 aromatic carbocycles. The highest BCUT2D eigenvalue weighted by Crippen LogP contribution is 2.15. The topological polar surface area (TPSA) is 121 Å². The Bertz CT molecular complexity index is 1350. The van der Waals surface area contributed by atoms with Crippen LogP contribution in [0.2, 0.25) is 0 Å². The van der Waals surface area contributed by atoms with E-state index in [0.717, 1.165) is 19.8 Å². The van der Waals surface area contributed by atoms with Crippen LogP contribution in [0.5, 0.6) is 0 Å². The highest BCUT2D eigenvalue weighted by molar-refractivity contribution is 6.11. The van der Waals surface area contributed by atoms with Crippen LogP contribution in [0.25, 0.3) is 11.0 Å². The molecule has 0 aliphatic heterocycles. The van der Waals surface area contributed by atoms with Gasteiger partial charge in [0.2, 0.25) is 0 Å². The molecule has 30 heavy (non-hydrogen) atoms. The van der Waals surface area contributed by atoms with E-state index < -0.39 is 28.7 Å². The van der Waals surface area contributed by atoms with E-state index in [1.54, 1.807) is 6.92 Å². The van der Waals surface area contributed by atoms with Crippen LogP contribution in [0.15, 0.2) is 44.7 Å². The molecular weight excluding hydrogens is 392 g/mol. The fourth-order valence-corrected chi connectivity index (χ4v) is 3.14. The number of amides is 1. The molecule has 1 N–H and O–H groups in total. The lowest BCUT2D eigenvalue weighted by Crippen LogP contribution is -2.40. The van der Waals surface area contributed by atoms with E-state index in [1.807, 2.05) is 0 Å². The number of hydrogen-bond donors (Lipinski definition) is 1. The second-order valence-corrected chi connectivity index (χ2v) is 6.61. The van der Waals surface area contributed by atoms with Crippen molar-refractivity contribution in [3.05, 3.63) is 72.7 Å². The first kappa shape index (κ1) is 20.8. The summed E-state index contributed by atoms with van der Waals surface area (Å²) in [6, 6.07) is 7.02. The summed E-state index contributed by atoms with van der Waals surface area (Å²) in [6.45, 7) is 1.94. The lowest BCUT2D eigenvalue weighted by molar-refractivity contribution is 0.0526. The number of fused-ring (bicyclic) bond motifs is 1. The van der Waals surface area contributed by atoms with Gasteiger partial charge in [0.15, 0.2) is 0 Å². The zero-order valence-corrected chi connectivity index (χ0v) is 16.9. The van der Waals surface area contributed by atoms with Crippen LogP contribution >= 0.6 is 0 Å². The van der Waals surface area contributed by atoms with E-state index in [2.05, 4.69) is 5.32 Å². The minimum atomic E-state index is -0.697. The highest BCUT2D eigenvalue weighted by Gasteiger charge is 2.21. The molecule has 0 radical (unpaired) electrons. The standard InChI is InChI=1S/C20H20N4O6/c1-5-30-19(28)11-6-8-12(9-7-11)21-16(26)13-10-14(25)22(2)17-15(13)18(27)24(4)20(29)23(17)3/h6-10H,5H2,1-4H3,(H,21,26). The number of aryl methyl sites for hydroxylation is 2. The van der Waals surface area contributed by atoms with Crippen LogP contribution in [-0.4, -0.2) is 32.2 Å². The number of aromatic nitrogens is 3. The summed E-state index contributed by atoms with van der Waals surface area (Å²) in [6.07, 6.45) is 0. The first-order chi connectivity index (χ1) is 14.2. The van der Waals surface area contributed by atoms with Crippen molar-refractivity contribution in [2.24, 2.45) is 21.1 Å². The number of nitrogens with zero attached hydrogens (tertiary/aromatic N) is 3. The zero-order chi connectivity index (χ0) is 22.2. The highest BCUT2D eigenvalue weighted by atomic mass is 16.5. The minimum Gasteiger partial charge on any atom is -0.462 e. The molecule has 0 saturated carbocycles. The van der Waals surface area contributed by atoms with E-state index in [-0.39, 0.29) is 23.2 Å². The fourth-order valence-electron chi connectivity index (χ4n) is 3.14. The summed E-state index contributed by atoms with van der Waals surface area (Å²) in [5.41, 5.74) is -1.30. The van der Waals surface area contributed by atoms with E-state index in [4.69, 9.17) is 4.74 Å². The van der Waals surface area contributed by atoms with Gasteiger partial charge in [-0.2, -0.15) is 0 Å². The summed E-state index contributed by atoms with van der Waals surface area (Å²) in [7, 11) is 4.13. The second-order valence-electron chi connectivity index (χ2n) is 6.61. The summed E-state index contributed by atoms with van der Waals surface area (Å²) >= 11 is 0. The average molecular weight is 412 g/mol. The maximum absolute atomic E-state index is 12.9. The SMILES string of the molecule is CCOC(=O)c1ccc(NC(=O)c2cc(=O)n(C)c3c2c(=O)n(C)c(=O)n3C)cc1. The molecule has 0 fully saturated rings. The predicted octanol–water partition coefficient (Wildman–Crippen LogP) is 0.365. The summed E-state index contributed by atoms with van der Waals surface area (Å²) < 4.78 is 8.06. The van der Waals surface area contributed by atoms with Gasteiger partial charge in [-0.3, -0.25) is 28.1 Å². The van der Waals surface area contributed by atoms with Crippen molar-refractivity contribution in [1.82, 2.24) is 13.7 Å². The summed E-state index contributed by atoms with van der Waals surface area (Å²) in [4.78, 5) is 61.9. The molecule has 1 amide bonds. The van der Waals surface area contributed by atoms with Crippen LogP contribution < -0.4 is 22.1 Å². The Balaban J connectivity index is 2.09. The molecule has 2 heterocycles.